The van der Waals surface area contributed by atoms with Crippen LogP contribution in [0, 0.1) is 0 Å². The van der Waals surface area contributed by atoms with Crippen LogP contribution in [0.15, 0.2) is 54.7 Å². The molecule has 2 heterocycles. The van der Waals surface area contributed by atoms with Crippen molar-refractivity contribution in [1.29, 1.82) is 0 Å². The molecule has 130 valence electrons. The van der Waals surface area contributed by atoms with Crippen molar-refractivity contribution in [2.75, 3.05) is 23.3 Å². The summed E-state index contributed by atoms with van der Waals surface area (Å²) in [4.78, 5) is 30.3. The highest BCUT2D eigenvalue weighted by Gasteiger charge is 2.26. The van der Waals surface area contributed by atoms with Crippen LogP contribution >= 0.6 is 11.6 Å². The third kappa shape index (κ3) is 3.19. The van der Waals surface area contributed by atoms with Gasteiger partial charge in [-0.1, -0.05) is 29.8 Å². The van der Waals surface area contributed by atoms with Gasteiger partial charge in [0.2, 0.25) is 5.91 Å². The van der Waals surface area contributed by atoms with E-state index in [1.165, 1.54) is 0 Å². The molecular formula is C19H14ClN3O3. The molecule has 0 aliphatic carbocycles. The van der Waals surface area contributed by atoms with Gasteiger partial charge in [-0.25, -0.2) is 4.79 Å². The molecule has 0 fully saturated rings. The van der Waals surface area contributed by atoms with Crippen molar-refractivity contribution in [2.24, 2.45) is 0 Å². The number of aromatic nitrogens is 1. The van der Waals surface area contributed by atoms with E-state index in [1.54, 1.807) is 35.4 Å². The second kappa shape index (κ2) is 6.65. The average molecular weight is 368 g/mol. The van der Waals surface area contributed by atoms with E-state index < -0.39 is 5.97 Å². The second-order valence-corrected chi connectivity index (χ2v) is 6.31. The molecule has 1 aliphatic heterocycles. The number of nitrogens with zero attached hydrogens (tertiary/aromatic N) is 2. The maximum absolute atomic E-state index is 12.6. The summed E-state index contributed by atoms with van der Waals surface area (Å²) in [5, 5.41) is 4.30. The minimum Gasteiger partial charge on any atom is -0.423 e. The molecule has 1 aromatic heterocycles. The summed E-state index contributed by atoms with van der Waals surface area (Å²) < 4.78 is 5.19. The molecule has 6 nitrogen and oxygen atoms in total. The lowest BCUT2D eigenvalue weighted by molar-refractivity contribution is -0.133. The molecule has 1 N–H and O–H groups in total. The Morgan fingerprint density at radius 1 is 1.23 bits per heavy atom. The zero-order valence-electron chi connectivity index (χ0n) is 13.6. The Balaban J connectivity index is 1.57. The minimum atomic E-state index is -0.417. The fourth-order valence-electron chi connectivity index (χ4n) is 2.93. The Morgan fingerprint density at radius 3 is 2.96 bits per heavy atom. The molecule has 7 heteroatoms. The van der Waals surface area contributed by atoms with E-state index >= 15 is 0 Å². The summed E-state index contributed by atoms with van der Waals surface area (Å²) in [5.74, 6) is -0.284. The Hall–Kier alpha value is -3.12. The number of carbonyl (C=O) groups is 2. The fourth-order valence-corrected chi connectivity index (χ4v) is 3.10. The highest BCUT2D eigenvalue weighted by molar-refractivity contribution is 6.31. The van der Waals surface area contributed by atoms with Crippen molar-refractivity contribution in [3.05, 3.63) is 59.8 Å². The summed E-state index contributed by atoms with van der Waals surface area (Å²) in [6.07, 6.45) is 1.68. The molecule has 1 amide bonds. The van der Waals surface area contributed by atoms with E-state index in [9.17, 15) is 9.59 Å². The van der Waals surface area contributed by atoms with Crippen molar-refractivity contribution in [2.45, 2.75) is 0 Å². The number of rotatable bonds is 3. The number of hydrogen-bond donors (Lipinski definition) is 1. The first kappa shape index (κ1) is 16.4. The number of esters is 1. The number of anilines is 2. The molecule has 0 unspecified atom stereocenters. The molecule has 4 rings (SSSR count). The SMILES string of the molecule is O=C(CN1CC(=O)Oc2ccc(Cl)cc21)Nc1cccc2cccnc12. The van der Waals surface area contributed by atoms with Crippen molar-refractivity contribution in [3.8, 4) is 5.75 Å². The number of ether oxygens (including phenoxy) is 1. The first-order valence-corrected chi connectivity index (χ1v) is 8.37. The second-order valence-electron chi connectivity index (χ2n) is 5.87. The standard InChI is InChI=1S/C19H14ClN3O3/c20-13-6-7-16-15(9-13)23(11-18(25)26-16)10-17(24)22-14-5-1-3-12-4-2-8-21-19(12)14/h1-9H,10-11H2,(H,22,24). The zero-order chi connectivity index (χ0) is 18.1. The lowest BCUT2D eigenvalue weighted by Gasteiger charge is -2.29. The van der Waals surface area contributed by atoms with E-state index in [4.69, 9.17) is 16.3 Å². The van der Waals surface area contributed by atoms with Crippen molar-refractivity contribution >= 4 is 45.8 Å². The molecule has 26 heavy (non-hydrogen) atoms. The number of benzene rings is 2. The van der Waals surface area contributed by atoms with Gasteiger partial charge in [0.1, 0.15) is 6.54 Å². The molecule has 3 aromatic rings. The smallest absolute Gasteiger partial charge is 0.331 e. The fraction of sp³-hybridized carbons (Fsp3) is 0.105. The Kier molecular flexibility index (Phi) is 4.18. The van der Waals surface area contributed by atoms with Gasteiger partial charge in [-0.05, 0) is 30.3 Å². The van der Waals surface area contributed by atoms with E-state index in [2.05, 4.69) is 10.3 Å². The van der Waals surface area contributed by atoms with E-state index in [-0.39, 0.29) is 19.0 Å². The van der Waals surface area contributed by atoms with Crippen LogP contribution in [0.3, 0.4) is 0 Å². The molecule has 0 radical (unpaired) electrons. The number of para-hydroxylation sites is 1. The summed E-state index contributed by atoms with van der Waals surface area (Å²) in [6, 6.07) is 14.3. The van der Waals surface area contributed by atoms with Crippen LogP contribution in [0.4, 0.5) is 11.4 Å². The van der Waals surface area contributed by atoms with E-state index in [1.807, 2.05) is 24.3 Å². The van der Waals surface area contributed by atoms with E-state index in [0.29, 0.717) is 27.7 Å². The molecule has 0 saturated heterocycles. The first-order valence-electron chi connectivity index (χ1n) is 7.99. The molecule has 0 bridgehead atoms. The van der Waals surface area contributed by atoms with Gasteiger partial charge < -0.3 is 15.0 Å². The highest BCUT2D eigenvalue weighted by atomic mass is 35.5. The summed E-state index contributed by atoms with van der Waals surface area (Å²) in [7, 11) is 0. The first-order chi connectivity index (χ1) is 12.6. The topological polar surface area (TPSA) is 71.5 Å². The average Bonchev–Trinajstić information content (AvgIpc) is 2.62. The van der Waals surface area contributed by atoms with Gasteiger partial charge in [-0.3, -0.25) is 9.78 Å². The highest BCUT2D eigenvalue weighted by Crippen LogP contribution is 2.34. The molecule has 0 atom stereocenters. The van der Waals surface area contributed by atoms with Gasteiger partial charge in [0.05, 0.1) is 23.4 Å². The number of amides is 1. The van der Waals surface area contributed by atoms with Gasteiger partial charge in [0, 0.05) is 16.6 Å². The maximum atomic E-state index is 12.6. The number of carbonyl (C=O) groups excluding carboxylic acids is 2. The van der Waals surface area contributed by atoms with Gasteiger partial charge >= 0.3 is 5.97 Å². The third-order valence-corrected chi connectivity index (χ3v) is 4.28. The quantitative estimate of drug-likeness (QED) is 0.568. The summed E-state index contributed by atoms with van der Waals surface area (Å²) >= 11 is 6.03. The van der Waals surface area contributed by atoms with Crippen LogP contribution in [0.5, 0.6) is 5.75 Å². The summed E-state index contributed by atoms with van der Waals surface area (Å²) in [6.45, 7) is -0.0276. The number of hydrogen-bond acceptors (Lipinski definition) is 5. The number of halogens is 1. The molecule has 0 spiro atoms. The van der Waals surface area contributed by atoms with Crippen LogP contribution in [0.25, 0.3) is 10.9 Å². The number of nitrogens with one attached hydrogen (secondary N) is 1. The Morgan fingerprint density at radius 2 is 2.08 bits per heavy atom. The van der Waals surface area contributed by atoms with Gasteiger partial charge in [-0.2, -0.15) is 0 Å². The van der Waals surface area contributed by atoms with Crippen molar-refractivity contribution in [3.63, 3.8) is 0 Å². The van der Waals surface area contributed by atoms with Crippen LogP contribution in [0.1, 0.15) is 0 Å². The van der Waals surface area contributed by atoms with Gasteiger partial charge in [0.25, 0.3) is 0 Å². The third-order valence-electron chi connectivity index (χ3n) is 4.05. The largest absolute Gasteiger partial charge is 0.423 e. The normalized spacial score (nSPS) is 13.3. The zero-order valence-corrected chi connectivity index (χ0v) is 14.4. The van der Waals surface area contributed by atoms with Gasteiger partial charge in [-0.15, -0.1) is 0 Å². The summed E-state index contributed by atoms with van der Waals surface area (Å²) in [5.41, 5.74) is 1.95. The Bertz CT molecular complexity index is 1020. The lowest BCUT2D eigenvalue weighted by atomic mass is 10.2. The van der Waals surface area contributed by atoms with Crippen LogP contribution in [-0.4, -0.2) is 29.9 Å². The van der Waals surface area contributed by atoms with Crippen molar-refractivity contribution < 1.29 is 14.3 Å². The van der Waals surface area contributed by atoms with Crippen LogP contribution < -0.4 is 15.0 Å². The number of pyridine rings is 1. The van der Waals surface area contributed by atoms with Crippen LogP contribution in [0.2, 0.25) is 5.02 Å². The minimum absolute atomic E-state index is 0.00827. The molecule has 1 aliphatic rings. The van der Waals surface area contributed by atoms with Crippen molar-refractivity contribution in [1.82, 2.24) is 4.98 Å². The van der Waals surface area contributed by atoms with E-state index in [0.717, 1.165) is 5.39 Å². The molecular weight excluding hydrogens is 354 g/mol. The lowest BCUT2D eigenvalue weighted by Crippen LogP contribution is -2.41. The molecule has 0 saturated carbocycles. The number of fused-ring (bicyclic) bond motifs is 2. The monoisotopic (exact) mass is 367 g/mol. The maximum Gasteiger partial charge on any atom is 0.331 e. The van der Waals surface area contributed by atoms with Gasteiger partial charge in [0.15, 0.2) is 5.75 Å². The predicted octanol–water partition coefficient (Wildman–Crippen LogP) is 3.25. The predicted molar refractivity (Wildman–Crippen MR) is 99.7 cm³/mol. The Labute approximate surface area is 154 Å². The molecule has 2 aromatic carbocycles. The van der Waals surface area contributed by atoms with Crippen LogP contribution in [-0.2, 0) is 9.59 Å².